The Labute approximate surface area is 171 Å². The Bertz CT molecular complexity index is 596. The summed E-state index contributed by atoms with van der Waals surface area (Å²) in [6.45, 7) is 10.1. The molecule has 0 unspecified atom stereocenters. The number of aryl methyl sites for hydroxylation is 1. The predicted octanol–water partition coefficient (Wildman–Crippen LogP) is 2.71. The minimum absolute atomic E-state index is 0.151. The molecule has 1 fully saturated rings. The van der Waals surface area contributed by atoms with Crippen LogP contribution in [-0.2, 0) is 6.42 Å². The summed E-state index contributed by atoms with van der Waals surface area (Å²) < 4.78 is 14.6. The molecule has 1 aromatic rings. The Morgan fingerprint density at radius 2 is 2.07 bits per heavy atom. The molecule has 0 aromatic heterocycles. The largest absolute Gasteiger partial charge is 0.357 e. The lowest BCUT2D eigenvalue weighted by molar-refractivity contribution is 0.280. The maximum absolute atomic E-state index is 13.9. The Balaban J connectivity index is 1.71. The second-order valence-corrected chi connectivity index (χ2v) is 7.94. The molecule has 0 radical (unpaired) electrons. The van der Waals surface area contributed by atoms with Crippen molar-refractivity contribution in [1.29, 1.82) is 0 Å². The van der Waals surface area contributed by atoms with E-state index in [0.29, 0.717) is 13.0 Å². The van der Waals surface area contributed by atoms with Crippen LogP contribution in [0.4, 0.5) is 4.39 Å². The Morgan fingerprint density at radius 1 is 1.22 bits per heavy atom. The molecule has 1 heterocycles. The summed E-state index contributed by atoms with van der Waals surface area (Å²) in [4.78, 5) is 9.53. The predicted molar refractivity (Wildman–Crippen MR) is 115 cm³/mol. The fourth-order valence-electron chi connectivity index (χ4n) is 3.18. The zero-order valence-corrected chi connectivity index (χ0v) is 18.2. The van der Waals surface area contributed by atoms with Crippen molar-refractivity contribution in [3.05, 3.63) is 34.1 Å². The summed E-state index contributed by atoms with van der Waals surface area (Å²) in [5.74, 6) is 0.696. The van der Waals surface area contributed by atoms with Gasteiger partial charge in [-0.15, -0.1) is 0 Å². The standard InChI is InChI=1S/C20H33BrFN5/c1-3-23-20(25-10-13-27-12-5-11-26(2)14-15-27)24-9-4-6-17-7-8-18(21)16-19(17)22/h7-8,16H,3-6,9-15H2,1-2H3,(H2,23,24,25). The van der Waals surface area contributed by atoms with Gasteiger partial charge in [0.05, 0.1) is 0 Å². The van der Waals surface area contributed by atoms with E-state index < -0.39 is 0 Å². The first-order valence-electron chi connectivity index (χ1n) is 9.95. The molecule has 27 heavy (non-hydrogen) atoms. The molecule has 5 nitrogen and oxygen atoms in total. The number of hydrogen-bond acceptors (Lipinski definition) is 3. The van der Waals surface area contributed by atoms with Crippen molar-refractivity contribution in [2.45, 2.75) is 26.2 Å². The van der Waals surface area contributed by atoms with E-state index >= 15 is 0 Å². The van der Waals surface area contributed by atoms with Gasteiger partial charge in [0.1, 0.15) is 5.82 Å². The quantitative estimate of drug-likeness (QED) is 0.369. The Hall–Kier alpha value is -1.18. The summed E-state index contributed by atoms with van der Waals surface area (Å²) in [5, 5.41) is 6.71. The van der Waals surface area contributed by atoms with Gasteiger partial charge in [0.25, 0.3) is 0 Å². The molecule has 0 bridgehead atoms. The second-order valence-electron chi connectivity index (χ2n) is 7.03. The summed E-state index contributed by atoms with van der Waals surface area (Å²) in [5.41, 5.74) is 0.748. The maximum Gasteiger partial charge on any atom is 0.191 e. The van der Waals surface area contributed by atoms with Crippen molar-refractivity contribution in [3.8, 4) is 0 Å². The van der Waals surface area contributed by atoms with Crippen LogP contribution in [0, 0.1) is 5.82 Å². The molecule has 7 heteroatoms. The lowest BCUT2D eigenvalue weighted by Crippen LogP contribution is -2.42. The molecule has 1 saturated heterocycles. The van der Waals surface area contributed by atoms with Gasteiger partial charge >= 0.3 is 0 Å². The average molecular weight is 442 g/mol. The van der Waals surface area contributed by atoms with Gasteiger partial charge in [-0.3, -0.25) is 4.99 Å². The number of rotatable bonds is 8. The van der Waals surface area contributed by atoms with Crippen LogP contribution >= 0.6 is 15.9 Å². The van der Waals surface area contributed by atoms with Gasteiger partial charge in [-0.05, 0) is 64.0 Å². The van der Waals surface area contributed by atoms with E-state index in [1.807, 2.05) is 12.1 Å². The normalized spacial score (nSPS) is 17.0. The average Bonchev–Trinajstić information content (AvgIpc) is 2.84. The number of halogens is 2. The summed E-state index contributed by atoms with van der Waals surface area (Å²) in [6.07, 6.45) is 2.76. The van der Waals surface area contributed by atoms with E-state index in [9.17, 15) is 4.39 Å². The smallest absolute Gasteiger partial charge is 0.191 e. The van der Waals surface area contributed by atoms with Crippen LogP contribution < -0.4 is 10.6 Å². The van der Waals surface area contributed by atoms with E-state index in [1.165, 1.54) is 25.6 Å². The molecule has 0 spiro atoms. The third-order valence-corrected chi connectivity index (χ3v) is 5.26. The zero-order chi connectivity index (χ0) is 19.5. The highest BCUT2D eigenvalue weighted by atomic mass is 79.9. The second kappa shape index (κ2) is 12.3. The number of aliphatic imine (C=N–C) groups is 1. The van der Waals surface area contributed by atoms with Crippen LogP contribution in [0.25, 0.3) is 0 Å². The first kappa shape index (κ1) is 22.1. The van der Waals surface area contributed by atoms with Crippen molar-refractivity contribution in [2.75, 3.05) is 59.4 Å². The molecular formula is C20H33BrFN5. The number of benzene rings is 1. The molecule has 2 rings (SSSR count). The van der Waals surface area contributed by atoms with E-state index in [4.69, 9.17) is 0 Å². The van der Waals surface area contributed by atoms with E-state index in [-0.39, 0.29) is 5.82 Å². The fraction of sp³-hybridized carbons (Fsp3) is 0.650. The molecule has 1 aromatic carbocycles. The third kappa shape index (κ3) is 8.58. The monoisotopic (exact) mass is 441 g/mol. The van der Waals surface area contributed by atoms with Gasteiger partial charge in [-0.2, -0.15) is 0 Å². The van der Waals surface area contributed by atoms with Crippen molar-refractivity contribution in [3.63, 3.8) is 0 Å². The molecule has 0 amide bonds. The molecule has 0 aliphatic carbocycles. The number of likely N-dealkylation sites (N-methyl/N-ethyl adjacent to an activating group) is 1. The highest BCUT2D eigenvalue weighted by molar-refractivity contribution is 9.10. The van der Waals surface area contributed by atoms with Gasteiger partial charge in [-0.1, -0.05) is 22.0 Å². The molecule has 1 aliphatic rings. The molecule has 2 N–H and O–H groups in total. The van der Waals surface area contributed by atoms with Crippen LogP contribution in [0.15, 0.2) is 27.7 Å². The van der Waals surface area contributed by atoms with Crippen LogP contribution in [0.5, 0.6) is 0 Å². The number of nitrogens with zero attached hydrogens (tertiary/aromatic N) is 3. The van der Waals surface area contributed by atoms with E-state index in [0.717, 1.165) is 55.1 Å². The minimum Gasteiger partial charge on any atom is -0.357 e. The lowest BCUT2D eigenvalue weighted by atomic mass is 10.1. The molecule has 1 aliphatic heterocycles. The number of guanidine groups is 1. The Kier molecular flexibility index (Phi) is 10.1. The van der Waals surface area contributed by atoms with Gasteiger partial charge in [0.15, 0.2) is 5.96 Å². The molecular weight excluding hydrogens is 409 g/mol. The molecule has 0 saturated carbocycles. The highest BCUT2D eigenvalue weighted by Crippen LogP contribution is 2.16. The van der Waals surface area contributed by atoms with Gasteiger partial charge in [0.2, 0.25) is 0 Å². The van der Waals surface area contributed by atoms with Crippen LogP contribution in [-0.4, -0.2) is 75.2 Å². The topological polar surface area (TPSA) is 42.9 Å². The zero-order valence-electron chi connectivity index (χ0n) is 16.6. The number of nitrogens with one attached hydrogen (secondary N) is 2. The van der Waals surface area contributed by atoms with Crippen molar-refractivity contribution in [1.82, 2.24) is 20.4 Å². The first-order chi connectivity index (χ1) is 13.1. The van der Waals surface area contributed by atoms with Gasteiger partial charge in [0, 0.05) is 43.7 Å². The summed E-state index contributed by atoms with van der Waals surface area (Å²) >= 11 is 3.29. The number of hydrogen-bond donors (Lipinski definition) is 2. The van der Waals surface area contributed by atoms with Crippen molar-refractivity contribution >= 4 is 21.9 Å². The lowest BCUT2D eigenvalue weighted by Gasteiger charge is -2.21. The maximum atomic E-state index is 13.9. The highest BCUT2D eigenvalue weighted by Gasteiger charge is 2.11. The van der Waals surface area contributed by atoms with Gasteiger partial charge < -0.3 is 20.4 Å². The van der Waals surface area contributed by atoms with Crippen molar-refractivity contribution in [2.24, 2.45) is 4.99 Å². The molecule has 152 valence electrons. The third-order valence-electron chi connectivity index (χ3n) is 4.77. The summed E-state index contributed by atoms with van der Waals surface area (Å²) in [7, 11) is 2.19. The van der Waals surface area contributed by atoms with Gasteiger partial charge in [-0.25, -0.2) is 4.39 Å². The Morgan fingerprint density at radius 3 is 2.85 bits per heavy atom. The summed E-state index contributed by atoms with van der Waals surface area (Å²) in [6, 6.07) is 5.24. The van der Waals surface area contributed by atoms with E-state index in [1.54, 1.807) is 0 Å². The SMILES string of the molecule is CCNC(=NCCCc1ccc(Br)cc1F)NCCN1CCCN(C)CC1. The van der Waals surface area contributed by atoms with Crippen molar-refractivity contribution < 1.29 is 4.39 Å². The van der Waals surface area contributed by atoms with Crippen LogP contribution in [0.2, 0.25) is 0 Å². The van der Waals surface area contributed by atoms with Crippen LogP contribution in [0.1, 0.15) is 25.3 Å². The van der Waals surface area contributed by atoms with E-state index in [2.05, 4.69) is 55.3 Å². The molecule has 0 atom stereocenters. The van der Waals surface area contributed by atoms with Crippen LogP contribution in [0.3, 0.4) is 0 Å². The minimum atomic E-state index is -0.151. The fourth-order valence-corrected chi connectivity index (χ4v) is 3.52. The first-order valence-corrected chi connectivity index (χ1v) is 10.7.